The second kappa shape index (κ2) is 4.28. The highest BCUT2D eigenvalue weighted by Crippen LogP contribution is 2.27. The van der Waals surface area contributed by atoms with Crippen LogP contribution < -0.4 is 5.32 Å². The van der Waals surface area contributed by atoms with E-state index in [0.717, 1.165) is 11.8 Å². The fraction of sp³-hybridized carbons (Fsp3) is 0.300. The van der Waals surface area contributed by atoms with Crippen molar-refractivity contribution in [3.05, 3.63) is 29.7 Å². The van der Waals surface area contributed by atoms with Gasteiger partial charge in [0.1, 0.15) is 0 Å². The minimum atomic E-state index is -4.48. The molecule has 5 nitrogen and oxygen atoms in total. The van der Waals surface area contributed by atoms with Crippen LogP contribution in [0.4, 0.5) is 24.7 Å². The number of alkyl halides is 3. The smallest absolute Gasteiger partial charge is 0.336 e. The van der Waals surface area contributed by atoms with Crippen molar-refractivity contribution < 1.29 is 13.2 Å². The zero-order valence-corrected chi connectivity index (χ0v) is 9.65. The first-order chi connectivity index (χ1) is 8.36. The second-order valence-corrected chi connectivity index (χ2v) is 3.73. The lowest BCUT2D eigenvalue weighted by Gasteiger charge is -2.06. The quantitative estimate of drug-likeness (QED) is 0.896. The minimum absolute atomic E-state index is 0.235. The average molecular weight is 257 g/mol. The summed E-state index contributed by atoms with van der Waals surface area (Å²) < 4.78 is 38.4. The Morgan fingerprint density at radius 1 is 1.22 bits per heavy atom. The summed E-state index contributed by atoms with van der Waals surface area (Å²) in [6.45, 7) is 1.78. The molecule has 0 fully saturated rings. The van der Waals surface area contributed by atoms with E-state index in [0.29, 0.717) is 5.69 Å². The SMILES string of the molecule is Cc1nn(C)cc1Nc1ccc(C(F)(F)F)nn1. The Morgan fingerprint density at radius 3 is 2.39 bits per heavy atom. The van der Waals surface area contributed by atoms with Crippen molar-refractivity contribution in [2.75, 3.05) is 5.32 Å². The van der Waals surface area contributed by atoms with Gasteiger partial charge in [-0.05, 0) is 19.1 Å². The molecule has 0 aliphatic rings. The number of hydrogen-bond acceptors (Lipinski definition) is 4. The van der Waals surface area contributed by atoms with Crippen LogP contribution in [-0.4, -0.2) is 20.0 Å². The summed E-state index contributed by atoms with van der Waals surface area (Å²) in [7, 11) is 1.75. The van der Waals surface area contributed by atoms with Gasteiger partial charge in [0.25, 0.3) is 0 Å². The number of aromatic nitrogens is 4. The van der Waals surface area contributed by atoms with E-state index in [1.54, 1.807) is 24.9 Å². The number of nitrogens with one attached hydrogen (secondary N) is 1. The molecule has 2 rings (SSSR count). The van der Waals surface area contributed by atoms with Crippen LogP contribution in [-0.2, 0) is 13.2 Å². The second-order valence-electron chi connectivity index (χ2n) is 3.73. The summed E-state index contributed by atoms with van der Waals surface area (Å²) in [5, 5.41) is 13.5. The summed E-state index contributed by atoms with van der Waals surface area (Å²) in [6.07, 6.45) is -2.77. The van der Waals surface area contributed by atoms with E-state index in [-0.39, 0.29) is 5.82 Å². The van der Waals surface area contributed by atoms with Crippen LogP contribution in [0.5, 0.6) is 0 Å². The predicted octanol–water partition coefficient (Wildman–Crippen LogP) is 2.28. The number of hydrogen-bond donors (Lipinski definition) is 1. The van der Waals surface area contributed by atoms with E-state index in [1.807, 2.05) is 0 Å². The van der Waals surface area contributed by atoms with Crippen LogP contribution >= 0.6 is 0 Å². The minimum Gasteiger partial charge on any atom is -0.336 e. The summed E-state index contributed by atoms with van der Waals surface area (Å²) in [4.78, 5) is 0. The van der Waals surface area contributed by atoms with E-state index in [4.69, 9.17) is 0 Å². The van der Waals surface area contributed by atoms with Gasteiger partial charge in [-0.1, -0.05) is 0 Å². The Morgan fingerprint density at radius 2 is 1.94 bits per heavy atom. The average Bonchev–Trinajstić information content (AvgIpc) is 2.57. The molecule has 0 unspecified atom stereocenters. The molecular weight excluding hydrogens is 247 g/mol. The third-order valence-corrected chi connectivity index (χ3v) is 2.23. The van der Waals surface area contributed by atoms with Crippen molar-refractivity contribution in [3.8, 4) is 0 Å². The normalized spacial score (nSPS) is 11.6. The first-order valence-corrected chi connectivity index (χ1v) is 5.04. The van der Waals surface area contributed by atoms with Crippen LogP contribution in [0.1, 0.15) is 11.4 Å². The first-order valence-electron chi connectivity index (χ1n) is 5.04. The molecule has 0 amide bonds. The molecule has 0 aliphatic carbocycles. The van der Waals surface area contributed by atoms with Gasteiger partial charge < -0.3 is 5.32 Å². The maximum absolute atomic E-state index is 12.3. The van der Waals surface area contributed by atoms with E-state index in [9.17, 15) is 13.2 Å². The number of anilines is 2. The van der Waals surface area contributed by atoms with Gasteiger partial charge >= 0.3 is 6.18 Å². The molecule has 0 aromatic carbocycles. The van der Waals surface area contributed by atoms with E-state index < -0.39 is 11.9 Å². The third kappa shape index (κ3) is 2.58. The highest BCUT2D eigenvalue weighted by Gasteiger charge is 2.32. The van der Waals surface area contributed by atoms with E-state index >= 15 is 0 Å². The number of aryl methyl sites for hydroxylation is 2. The number of nitrogens with zero attached hydrogens (tertiary/aromatic N) is 4. The monoisotopic (exact) mass is 257 g/mol. The molecule has 2 aromatic heterocycles. The number of halogens is 3. The molecule has 1 N–H and O–H groups in total. The Labute approximate surface area is 101 Å². The van der Waals surface area contributed by atoms with Crippen LogP contribution in [0.3, 0.4) is 0 Å². The van der Waals surface area contributed by atoms with Crippen LogP contribution in [0.2, 0.25) is 0 Å². The molecule has 0 spiro atoms. The topological polar surface area (TPSA) is 55.6 Å². The highest BCUT2D eigenvalue weighted by molar-refractivity contribution is 5.57. The van der Waals surface area contributed by atoms with Gasteiger partial charge in [-0.15, -0.1) is 10.2 Å². The maximum atomic E-state index is 12.3. The number of rotatable bonds is 2. The molecule has 0 aliphatic heterocycles. The summed E-state index contributed by atoms with van der Waals surface area (Å²) in [5.74, 6) is 0.235. The first kappa shape index (κ1) is 12.3. The molecule has 0 saturated heterocycles. The van der Waals surface area contributed by atoms with Crippen molar-refractivity contribution >= 4 is 11.5 Å². The van der Waals surface area contributed by atoms with Crippen molar-refractivity contribution in [3.63, 3.8) is 0 Å². The summed E-state index contributed by atoms with van der Waals surface area (Å²) in [5.41, 5.74) is 0.377. The van der Waals surface area contributed by atoms with Gasteiger partial charge in [0.2, 0.25) is 0 Å². The Bertz CT molecular complexity index is 544. The lowest BCUT2D eigenvalue weighted by atomic mass is 10.3. The highest BCUT2D eigenvalue weighted by atomic mass is 19.4. The molecular formula is C10H10F3N5. The van der Waals surface area contributed by atoms with E-state index in [2.05, 4.69) is 20.6 Å². The van der Waals surface area contributed by atoms with Crippen LogP contribution in [0.15, 0.2) is 18.3 Å². The largest absolute Gasteiger partial charge is 0.435 e. The Balaban J connectivity index is 2.18. The van der Waals surface area contributed by atoms with E-state index in [1.165, 1.54) is 6.07 Å². The Hall–Kier alpha value is -2.12. The van der Waals surface area contributed by atoms with Gasteiger partial charge in [0.15, 0.2) is 11.5 Å². The van der Waals surface area contributed by atoms with Crippen molar-refractivity contribution in [1.82, 2.24) is 20.0 Å². The molecule has 96 valence electrons. The molecule has 0 saturated carbocycles. The maximum Gasteiger partial charge on any atom is 0.435 e. The van der Waals surface area contributed by atoms with Gasteiger partial charge in [0.05, 0.1) is 11.4 Å². The van der Waals surface area contributed by atoms with Gasteiger partial charge in [0, 0.05) is 13.2 Å². The molecule has 0 atom stereocenters. The Kier molecular flexibility index (Phi) is 2.93. The van der Waals surface area contributed by atoms with Crippen molar-refractivity contribution in [1.29, 1.82) is 0 Å². The molecule has 2 heterocycles. The van der Waals surface area contributed by atoms with Crippen molar-refractivity contribution in [2.24, 2.45) is 7.05 Å². The third-order valence-electron chi connectivity index (χ3n) is 2.23. The molecule has 2 aromatic rings. The van der Waals surface area contributed by atoms with Crippen LogP contribution in [0.25, 0.3) is 0 Å². The predicted molar refractivity (Wildman–Crippen MR) is 58.3 cm³/mol. The molecule has 18 heavy (non-hydrogen) atoms. The fourth-order valence-corrected chi connectivity index (χ4v) is 1.41. The van der Waals surface area contributed by atoms with Crippen molar-refractivity contribution in [2.45, 2.75) is 13.1 Å². The zero-order valence-electron chi connectivity index (χ0n) is 9.65. The zero-order chi connectivity index (χ0) is 13.3. The van der Waals surface area contributed by atoms with Gasteiger partial charge in [-0.2, -0.15) is 18.3 Å². The van der Waals surface area contributed by atoms with Gasteiger partial charge in [-0.3, -0.25) is 4.68 Å². The summed E-state index contributed by atoms with van der Waals surface area (Å²) >= 11 is 0. The standard InChI is InChI=1S/C10H10F3N5/c1-6-7(5-18(2)17-6)14-9-4-3-8(15-16-9)10(11,12)13/h3-5H,1-2H3,(H,14,16). The summed E-state index contributed by atoms with van der Waals surface area (Å²) in [6, 6.07) is 2.10. The molecule has 0 radical (unpaired) electrons. The lowest BCUT2D eigenvalue weighted by Crippen LogP contribution is -2.09. The lowest BCUT2D eigenvalue weighted by molar-refractivity contribution is -0.141. The molecule has 8 heteroatoms. The van der Waals surface area contributed by atoms with Gasteiger partial charge in [-0.25, -0.2) is 0 Å². The fourth-order valence-electron chi connectivity index (χ4n) is 1.41. The molecule has 0 bridgehead atoms. The van der Waals surface area contributed by atoms with Crippen LogP contribution in [0, 0.1) is 6.92 Å².